The van der Waals surface area contributed by atoms with Gasteiger partial charge in [0.25, 0.3) is 0 Å². The van der Waals surface area contributed by atoms with Crippen LogP contribution >= 0.6 is 0 Å². The van der Waals surface area contributed by atoms with Gasteiger partial charge in [-0.1, -0.05) is 0 Å². The van der Waals surface area contributed by atoms with Crippen LogP contribution in [0.4, 0.5) is 0 Å². The first kappa shape index (κ1) is 8.07. The predicted molar refractivity (Wildman–Crippen MR) is 43.7 cm³/mol. The van der Waals surface area contributed by atoms with Crippen LogP contribution in [-0.2, 0) is 11.3 Å². The van der Waals surface area contributed by atoms with Crippen molar-refractivity contribution in [2.75, 3.05) is 6.61 Å². The summed E-state index contributed by atoms with van der Waals surface area (Å²) in [6.45, 7) is 0.468. The van der Waals surface area contributed by atoms with Gasteiger partial charge in [0.2, 0.25) is 0 Å². The second-order valence-corrected chi connectivity index (χ2v) is 2.78. The Bertz CT molecular complexity index is 345. The largest absolute Gasteiger partial charge is 0.478 e. The van der Waals surface area contributed by atoms with Crippen LogP contribution in [0.25, 0.3) is 0 Å². The van der Waals surface area contributed by atoms with Crippen molar-refractivity contribution < 1.29 is 19.7 Å². The lowest BCUT2D eigenvalue weighted by Crippen LogP contribution is -2.11. The van der Waals surface area contributed by atoms with Gasteiger partial charge in [-0.15, -0.1) is 0 Å². The van der Waals surface area contributed by atoms with Crippen LogP contribution in [0.1, 0.15) is 15.9 Å². The monoisotopic (exact) mass is 180 g/mol. The third-order valence-electron chi connectivity index (χ3n) is 1.91. The molecule has 4 nitrogen and oxygen atoms in total. The first-order valence-electron chi connectivity index (χ1n) is 3.93. The lowest BCUT2D eigenvalue weighted by Gasteiger charge is -2.15. The standard InChI is InChI=1S/C9H8O4/c10-9(11)7-1-2-8-6(5-7)3-4-12-13-8/h1-2,5H,3-4H2,(H,10,11). The quantitative estimate of drug-likeness (QED) is 0.661. The normalized spacial score (nSPS) is 14.5. The first-order valence-corrected chi connectivity index (χ1v) is 3.93. The van der Waals surface area contributed by atoms with Gasteiger partial charge in [0.1, 0.15) is 0 Å². The van der Waals surface area contributed by atoms with Gasteiger partial charge in [-0.2, -0.15) is 4.89 Å². The second-order valence-electron chi connectivity index (χ2n) is 2.78. The Morgan fingerprint density at radius 2 is 2.31 bits per heavy atom. The fourth-order valence-electron chi connectivity index (χ4n) is 1.25. The van der Waals surface area contributed by atoms with Gasteiger partial charge in [0, 0.05) is 12.0 Å². The topological polar surface area (TPSA) is 55.8 Å². The number of fused-ring (bicyclic) bond motifs is 1. The Morgan fingerprint density at radius 1 is 1.46 bits per heavy atom. The van der Waals surface area contributed by atoms with Gasteiger partial charge in [0.15, 0.2) is 5.75 Å². The molecule has 4 heteroatoms. The van der Waals surface area contributed by atoms with E-state index < -0.39 is 5.97 Å². The molecule has 1 aromatic carbocycles. The molecule has 13 heavy (non-hydrogen) atoms. The van der Waals surface area contributed by atoms with Gasteiger partial charge in [-0.25, -0.2) is 4.79 Å². The molecule has 1 aliphatic rings. The fourth-order valence-corrected chi connectivity index (χ4v) is 1.25. The molecule has 0 aliphatic carbocycles. The highest BCUT2D eigenvalue weighted by Gasteiger charge is 2.13. The molecule has 1 aliphatic heterocycles. The van der Waals surface area contributed by atoms with Crippen molar-refractivity contribution in [2.45, 2.75) is 6.42 Å². The number of benzene rings is 1. The zero-order chi connectivity index (χ0) is 9.26. The van der Waals surface area contributed by atoms with Crippen molar-refractivity contribution >= 4 is 5.97 Å². The Balaban J connectivity index is 2.40. The number of hydrogen-bond acceptors (Lipinski definition) is 3. The Labute approximate surface area is 74.6 Å². The maximum Gasteiger partial charge on any atom is 0.335 e. The highest BCUT2D eigenvalue weighted by Crippen LogP contribution is 2.24. The summed E-state index contributed by atoms with van der Waals surface area (Å²) in [7, 11) is 0. The van der Waals surface area contributed by atoms with Crippen molar-refractivity contribution in [3.63, 3.8) is 0 Å². The summed E-state index contributed by atoms with van der Waals surface area (Å²) >= 11 is 0. The van der Waals surface area contributed by atoms with E-state index in [4.69, 9.17) is 14.9 Å². The van der Waals surface area contributed by atoms with Gasteiger partial charge in [-0.3, -0.25) is 0 Å². The van der Waals surface area contributed by atoms with E-state index in [0.29, 0.717) is 18.8 Å². The van der Waals surface area contributed by atoms with E-state index in [1.807, 2.05) is 0 Å². The summed E-state index contributed by atoms with van der Waals surface area (Å²) in [5.74, 6) is -0.314. The maximum absolute atomic E-state index is 10.6. The number of carboxylic acid groups (broad SMARTS) is 1. The molecular weight excluding hydrogens is 172 g/mol. The van der Waals surface area contributed by atoms with Crippen LogP contribution in [-0.4, -0.2) is 17.7 Å². The van der Waals surface area contributed by atoms with Crippen LogP contribution in [0.15, 0.2) is 18.2 Å². The minimum atomic E-state index is -0.922. The Hall–Kier alpha value is -1.55. The highest BCUT2D eigenvalue weighted by molar-refractivity contribution is 5.88. The minimum absolute atomic E-state index is 0.282. The second kappa shape index (κ2) is 3.06. The molecule has 1 heterocycles. The van der Waals surface area contributed by atoms with Gasteiger partial charge >= 0.3 is 5.97 Å². The van der Waals surface area contributed by atoms with E-state index in [1.165, 1.54) is 6.07 Å². The number of carboxylic acids is 1. The van der Waals surface area contributed by atoms with Crippen molar-refractivity contribution in [2.24, 2.45) is 0 Å². The molecule has 0 atom stereocenters. The summed E-state index contributed by atoms with van der Waals surface area (Å²) < 4.78 is 0. The highest BCUT2D eigenvalue weighted by atomic mass is 17.2. The van der Waals surface area contributed by atoms with E-state index in [0.717, 1.165) is 5.56 Å². The van der Waals surface area contributed by atoms with Crippen LogP contribution in [0.2, 0.25) is 0 Å². The molecule has 0 unspecified atom stereocenters. The van der Waals surface area contributed by atoms with Crippen LogP contribution < -0.4 is 4.89 Å². The average molecular weight is 180 g/mol. The summed E-state index contributed by atoms with van der Waals surface area (Å²) in [5.41, 5.74) is 1.16. The molecule has 0 spiro atoms. The predicted octanol–water partition coefficient (Wildman–Crippen LogP) is 1.25. The zero-order valence-electron chi connectivity index (χ0n) is 6.82. The van der Waals surface area contributed by atoms with Crippen molar-refractivity contribution in [1.82, 2.24) is 0 Å². The molecular formula is C9H8O4. The van der Waals surface area contributed by atoms with Gasteiger partial charge < -0.3 is 9.99 Å². The number of rotatable bonds is 1. The minimum Gasteiger partial charge on any atom is -0.478 e. The molecule has 1 N–H and O–H groups in total. The molecule has 0 bridgehead atoms. The van der Waals surface area contributed by atoms with E-state index in [2.05, 4.69) is 0 Å². The van der Waals surface area contributed by atoms with Gasteiger partial charge in [-0.05, 0) is 18.2 Å². The van der Waals surface area contributed by atoms with Crippen LogP contribution in [0.5, 0.6) is 5.75 Å². The zero-order valence-corrected chi connectivity index (χ0v) is 6.82. The smallest absolute Gasteiger partial charge is 0.335 e. The number of carbonyl (C=O) groups is 1. The summed E-state index contributed by atoms with van der Waals surface area (Å²) in [6, 6.07) is 4.72. The van der Waals surface area contributed by atoms with E-state index in [1.54, 1.807) is 12.1 Å². The molecule has 2 rings (SSSR count). The van der Waals surface area contributed by atoms with Gasteiger partial charge in [0.05, 0.1) is 12.2 Å². The molecule has 0 saturated heterocycles. The summed E-state index contributed by atoms with van der Waals surface area (Å²) in [5, 5.41) is 8.71. The van der Waals surface area contributed by atoms with Crippen molar-refractivity contribution in [3.05, 3.63) is 29.3 Å². The van der Waals surface area contributed by atoms with E-state index >= 15 is 0 Å². The van der Waals surface area contributed by atoms with E-state index in [9.17, 15) is 4.79 Å². The fraction of sp³-hybridized carbons (Fsp3) is 0.222. The lowest BCUT2D eigenvalue weighted by molar-refractivity contribution is -0.215. The Kier molecular flexibility index (Phi) is 1.90. The molecule has 0 saturated carbocycles. The number of aromatic carboxylic acids is 1. The van der Waals surface area contributed by atoms with Crippen LogP contribution in [0, 0.1) is 0 Å². The molecule has 1 aromatic rings. The maximum atomic E-state index is 10.6. The SMILES string of the molecule is O=C(O)c1ccc2c(c1)CCOO2. The summed E-state index contributed by atoms with van der Waals surface area (Å²) in [6.07, 6.45) is 0.691. The van der Waals surface area contributed by atoms with E-state index in [-0.39, 0.29) is 5.56 Å². The third kappa shape index (κ3) is 1.48. The average Bonchev–Trinajstić information content (AvgIpc) is 2.17. The van der Waals surface area contributed by atoms with Crippen molar-refractivity contribution in [1.29, 1.82) is 0 Å². The Morgan fingerprint density at radius 3 is 3.08 bits per heavy atom. The molecule has 68 valence electrons. The molecule has 0 amide bonds. The molecule has 0 radical (unpaired) electrons. The molecule has 0 aromatic heterocycles. The van der Waals surface area contributed by atoms with Crippen molar-refractivity contribution in [3.8, 4) is 5.75 Å². The lowest BCUT2D eigenvalue weighted by atomic mass is 10.1. The molecule has 0 fully saturated rings. The number of hydrogen-bond donors (Lipinski definition) is 1. The van der Waals surface area contributed by atoms with Crippen LogP contribution in [0.3, 0.4) is 0 Å². The third-order valence-corrected chi connectivity index (χ3v) is 1.91. The first-order chi connectivity index (χ1) is 6.27. The summed E-state index contributed by atoms with van der Waals surface area (Å²) in [4.78, 5) is 20.2.